The first-order chi connectivity index (χ1) is 9.61. The van der Waals surface area contributed by atoms with Gasteiger partial charge in [0.15, 0.2) is 0 Å². The van der Waals surface area contributed by atoms with Gasteiger partial charge in [-0.1, -0.05) is 18.5 Å². The van der Waals surface area contributed by atoms with Gasteiger partial charge in [0, 0.05) is 30.7 Å². The fraction of sp³-hybridized carbons (Fsp3) is 0.308. The average Bonchev–Trinajstić information content (AvgIpc) is 2.84. The Morgan fingerprint density at radius 3 is 2.95 bits per heavy atom. The van der Waals surface area contributed by atoms with Crippen LogP contribution in [0.15, 0.2) is 30.6 Å². The lowest BCUT2D eigenvalue weighted by molar-refractivity contribution is -0.384. The molecule has 0 aliphatic carbocycles. The highest BCUT2D eigenvalue weighted by molar-refractivity contribution is 6.32. The van der Waals surface area contributed by atoms with E-state index < -0.39 is 4.92 Å². The first-order valence-electron chi connectivity index (χ1n) is 6.29. The monoisotopic (exact) mass is 294 g/mol. The molecule has 0 atom stereocenters. The lowest BCUT2D eigenvalue weighted by Crippen LogP contribution is -2.08. The van der Waals surface area contributed by atoms with Crippen LogP contribution in [-0.4, -0.2) is 14.5 Å². The maximum absolute atomic E-state index is 10.7. The third-order valence-electron chi connectivity index (χ3n) is 2.86. The highest BCUT2D eigenvalue weighted by Crippen LogP contribution is 2.27. The van der Waals surface area contributed by atoms with E-state index in [1.165, 1.54) is 6.07 Å². The Kier molecular flexibility index (Phi) is 4.57. The number of aromatic nitrogens is 2. The molecular formula is C13H15ClN4O2. The number of hydrogen-bond acceptors (Lipinski definition) is 4. The highest BCUT2D eigenvalue weighted by Gasteiger charge is 2.12. The molecule has 1 heterocycles. The number of rotatable bonds is 6. The Hall–Kier alpha value is -2.08. The number of halogens is 1. The zero-order chi connectivity index (χ0) is 14.5. The maximum Gasteiger partial charge on any atom is 0.288 e. The molecule has 1 aromatic carbocycles. The van der Waals surface area contributed by atoms with Gasteiger partial charge in [0.25, 0.3) is 5.69 Å². The summed E-state index contributed by atoms with van der Waals surface area (Å²) in [7, 11) is 0. The lowest BCUT2D eigenvalue weighted by atomic mass is 10.3. The summed E-state index contributed by atoms with van der Waals surface area (Å²) in [5, 5.41) is 14.0. The van der Waals surface area contributed by atoms with Crippen molar-refractivity contribution in [2.75, 3.05) is 5.32 Å². The van der Waals surface area contributed by atoms with E-state index in [1.54, 1.807) is 18.3 Å². The molecule has 0 fully saturated rings. The van der Waals surface area contributed by atoms with E-state index in [9.17, 15) is 10.1 Å². The molecule has 2 rings (SSSR count). The molecule has 0 radical (unpaired) electrons. The number of nitro benzene ring substituents is 1. The molecule has 20 heavy (non-hydrogen) atoms. The van der Waals surface area contributed by atoms with Gasteiger partial charge < -0.3 is 9.88 Å². The lowest BCUT2D eigenvalue weighted by Gasteiger charge is -2.09. The second-order valence-corrected chi connectivity index (χ2v) is 4.72. The van der Waals surface area contributed by atoms with Gasteiger partial charge in [-0.15, -0.1) is 0 Å². The zero-order valence-electron chi connectivity index (χ0n) is 11.0. The van der Waals surface area contributed by atoms with E-state index >= 15 is 0 Å². The van der Waals surface area contributed by atoms with E-state index in [0.29, 0.717) is 6.54 Å². The molecule has 7 heteroatoms. The normalized spacial score (nSPS) is 10.5. The van der Waals surface area contributed by atoms with Crippen LogP contribution in [0.3, 0.4) is 0 Å². The average molecular weight is 295 g/mol. The Morgan fingerprint density at radius 2 is 2.30 bits per heavy atom. The van der Waals surface area contributed by atoms with Crippen LogP contribution in [0, 0.1) is 10.1 Å². The predicted molar refractivity (Wildman–Crippen MR) is 78.0 cm³/mol. The van der Waals surface area contributed by atoms with Crippen LogP contribution in [0.25, 0.3) is 0 Å². The van der Waals surface area contributed by atoms with Gasteiger partial charge in [0.1, 0.15) is 10.8 Å². The number of aryl methyl sites for hydroxylation is 1. The van der Waals surface area contributed by atoms with Gasteiger partial charge >= 0.3 is 0 Å². The van der Waals surface area contributed by atoms with Crippen LogP contribution in [0.2, 0.25) is 5.02 Å². The topological polar surface area (TPSA) is 73.0 Å². The molecule has 0 spiro atoms. The molecule has 0 aliphatic heterocycles. The van der Waals surface area contributed by atoms with Crippen molar-refractivity contribution in [1.29, 1.82) is 0 Å². The Labute approximate surface area is 121 Å². The quantitative estimate of drug-likeness (QED) is 0.654. The van der Waals surface area contributed by atoms with E-state index in [4.69, 9.17) is 11.6 Å². The standard InChI is InChI=1S/C13H15ClN4O2/c1-2-6-17-7-5-15-13(17)9-16-10-3-4-12(18(19)20)11(14)8-10/h3-5,7-8,16H,2,6,9H2,1H3. The molecule has 0 aliphatic rings. The van der Waals surface area contributed by atoms with Crippen molar-refractivity contribution in [3.8, 4) is 0 Å². The molecule has 0 saturated carbocycles. The molecule has 1 aromatic heterocycles. The van der Waals surface area contributed by atoms with Gasteiger partial charge in [-0.2, -0.15) is 0 Å². The fourth-order valence-corrected chi connectivity index (χ4v) is 2.15. The summed E-state index contributed by atoms with van der Waals surface area (Å²) in [6, 6.07) is 4.58. The maximum atomic E-state index is 10.7. The molecule has 0 unspecified atom stereocenters. The van der Waals surface area contributed by atoms with Crippen molar-refractivity contribution in [3.63, 3.8) is 0 Å². The Balaban J connectivity index is 2.05. The zero-order valence-corrected chi connectivity index (χ0v) is 11.8. The number of nitrogens with one attached hydrogen (secondary N) is 1. The van der Waals surface area contributed by atoms with E-state index in [1.807, 2.05) is 6.20 Å². The van der Waals surface area contributed by atoms with E-state index in [0.717, 1.165) is 24.5 Å². The third-order valence-corrected chi connectivity index (χ3v) is 3.16. The van der Waals surface area contributed by atoms with Gasteiger partial charge in [-0.25, -0.2) is 4.98 Å². The fourth-order valence-electron chi connectivity index (χ4n) is 1.90. The van der Waals surface area contributed by atoms with Crippen molar-refractivity contribution in [1.82, 2.24) is 9.55 Å². The van der Waals surface area contributed by atoms with Crippen LogP contribution in [0.1, 0.15) is 19.2 Å². The van der Waals surface area contributed by atoms with Gasteiger partial charge in [0.2, 0.25) is 0 Å². The Bertz CT molecular complexity index is 612. The first-order valence-corrected chi connectivity index (χ1v) is 6.67. The van der Waals surface area contributed by atoms with Crippen molar-refractivity contribution < 1.29 is 4.92 Å². The number of nitrogens with zero attached hydrogens (tertiary/aromatic N) is 3. The second kappa shape index (κ2) is 6.38. The van der Waals surface area contributed by atoms with Gasteiger partial charge in [0.05, 0.1) is 11.5 Å². The Morgan fingerprint density at radius 1 is 1.50 bits per heavy atom. The minimum absolute atomic E-state index is 0.0929. The predicted octanol–water partition coefficient (Wildman–Crippen LogP) is 3.47. The largest absolute Gasteiger partial charge is 0.378 e. The minimum atomic E-state index is -0.500. The molecule has 0 saturated heterocycles. The smallest absolute Gasteiger partial charge is 0.288 e. The second-order valence-electron chi connectivity index (χ2n) is 4.31. The summed E-state index contributed by atoms with van der Waals surface area (Å²) in [5.74, 6) is 0.918. The molecule has 6 nitrogen and oxygen atoms in total. The summed E-state index contributed by atoms with van der Waals surface area (Å²) < 4.78 is 2.07. The molecular weight excluding hydrogens is 280 g/mol. The van der Waals surface area contributed by atoms with Gasteiger partial charge in [-0.3, -0.25) is 10.1 Å². The number of benzene rings is 1. The van der Waals surface area contributed by atoms with Crippen molar-refractivity contribution in [2.45, 2.75) is 26.4 Å². The highest BCUT2D eigenvalue weighted by atomic mass is 35.5. The summed E-state index contributed by atoms with van der Waals surface area (Å²) in [6.45, 7) is 3.56. The van der Waals surface area contributed by atoms with Crippen molar-refractivity contribution in [2.24, 2.45) is 0 Å². The first kappa shape index (κ1) is 14.3. The summed E-state index contributed by atoms with van der Waals surface area (Å²) in [6.07, 6.45) is 4.73. The molecule has 2 aromatic rings. The SMILES string of the molecule is CCCn1ccnc1CNc1ccc([N+](=O)[O-])c(Cl)c1. The third kappa shape index (κ3) is 3.27. The van der Waals surface area contributed by atoms with Crippen LogP contribution in [0.5, 0.6) is 0 Å². The number of anilines is 1. The summed E-state index contributed by atoms with van der Waals surface area (Å²) in [5.41, 5.74) is 0.636. The number of hydrogen-bond donors (Lipinski definition) is 1. The van der Waals surface area contributed by atoms with E-state index in [-0.39, 0.29) is 10.7 Å². The number of imidazole rings is 1. The van der Waals surface area contributed by atoms with E-state index in [2.05, 4.69) is 21.8 Å². The van der Waals surface area contributed by atoms with Crippen molar-refractivity contribution >= 4 is 23.0 Å². The summed E-state index contributed by atoms with van der Waals surface area (Å²) in [4.78, 5) is 14.5. The summed E-state index contributed by atoms with van der Waals surface area (Å²) >= 11 is 5.86. The van der Waals surface area contributed by atoms with Crippen LogP contribution >= 0.6 is 11.6 Å². The van der Waals surface area contributed by atoms with Crippen LogP contribution in [-0.2, 0) is 13.1 Å². The molecule has 0 amide bonds. The number of nitro groups is 1. The van der Waals surface area contributed by atoms with Crippen molar-refractivity contribution in [3.05, 3.63) is 51.6 Å². The van der Waals surface area contributed by atoms with Crippen LogP contribution in [0.4, 0.5) is 11.4 Å². The molecule has 0 bridgehead atoms. The minimum Gasteiger partial charge on any atom is -0.378 e. The van der Waals surface area contributed by atoms with Gasteiger partial charge in [-0.05, 0) is 18.6 Å². The molecule has 106 valence electrons. The molecule has 1 N–H and O–H groups in total. The van der Waals surface area contributed by atoms with Crippen LogP contribution < -0.4 is 5.32 Å².